The van der Waals surface area contributed by atoms with Gasteiger partial charge in [-0.3, -0.25) is 9.59 Å². The van der Waals surface area contributed by atoms with Crippen molar-refractivity contribution in [3.05, 3.63) is 48.0 Å². The zero-order valence-corrected chi connectivity index (χ0v) is 22.3. The second kappa shape index (κ2) is 13.3. The molecule has 202 valence electrons. The lowest BCUT2D eigenvalue weighted by Gasteiger charge is -2.20. The molecule has 2 heterocycles. The number of hydrogen-bond acceptors (Lipinski definition) is 8. The molecular formula is C27H32ClN5O5. The van der Waals surface area contributed by atoms with E-state index < -0.39 is 5.50 Å². The van der Waals surface area contributed by atoms with E-state index in [9.17, 15) is 9.59 Å². The molecule has 0 spiro atoms. The molecule has 2 aliphatic rings. The first-order valence-electron chi connectivity index (χ1n) is 12.6. The first kappa shape index (κ1) is 27.5. The number of aromatic nitrogens is 2. The molecule has 10 nitrogen and oxygen atoms in total. The van der Waals surface area contributed by atoms with E-state index in [0.29, 0.717) is 72.0 Å². The van der Waals surface area contributed by atoms with E-state index >= 15 is 0 Å². The Morgan fingerprint density at radius 1 is 1.18 bits per heavy atom. The highest BCUT2D eigenvalue weighted by molar-refractivity contribution is 6.28. The molecule has 0 radical (unpaired) electrons. The van der Waals surface area contributed by atoms with Crippen LogP contribution in [0.4, 0.5) is 5.82 Å². The van der Waals surface area contributed by atoms with Gasteiger partial charge in [0.25, 0.3) is 0 Å². The fourth-order valence-electron chi connectivity index (χ4n) is 4.31. The van der Waals surface area contributed by atoms with E-state index in [1.54, 1.807) is 20.3 Å². The number of nitrogens with one attached hydrogen (secondary N) is 2. The number of methoxy groups -OCH3 is 2. The van der Waals surface area contributed by atoms with Crippen molar-refractivity contribution in [1.29, 1.82) is 0 Å². The third kappa shape index (κ3) is 7.29. The Labute approximate surface area is 226 Å². The van der Waals surface area contributed by atoms with E-state index in [0.717, 1.165) is 6.42 Å². The summed E-state index contributed by atoms with van der Waals surface area (Å²) in [5.74, 6) is 1.46. The lowest BCUT2D eigenvalue weighted by atomic mass is 9.98. The van der Waals surface area contributed by atoms with Crippen LogP contribution >= 0.6 is 11.6 Å². The van der Waals surface area contributed by atoms with Crippen LogP contribution in [0.3, 0.4) is 0 Å². The Morgan fingerprint density at radius 2 is 2.05 bits per heavy atom. The predicted octanol–water partition coefficient (Wildman–Crippen LogP) is 3.58. The Hall–Kier alpha value is -3.50. The largest absolute Gasteiger partial charge is 0.501 e. The normalized spacial score (nSPS) is 21.4. The van der Waals surface area contributed by atoms with Gasteiger partial charge in [0, 0.05) is 56.6 Å². The Kier molecular flexibility index (Phi) is 9.67. The summed E-state index contributed by atoms with van der Waals surface area (Å²) in [7, 11) is 3.23. The molecule has 38 heavy (non-hydrogen) atoms. The number of carbonyl (C=O) groups is 2. The maximum Gasteiger partial charge on any atom is 0.223 e. The van der Waals surface area contributed by atoms with Gasteiger partial charge in [-0.15, -0.1) is 0 Å². The van der Waals surface area contributed by atoms with Gasteiger partial charge in [0.2, 0.25) is 11.8 Å². The number of fused-ring (bicyclic) bond motifs is 2. The van der Waals surface area contributed by atoms with Crippen LogP contribution in [0.2, 0.25) is 0 Å². The van der Waals surface area contributed by atoms with E-state index in [4.69, 9.17) is 30.8 Å². The summed E-state index contributed by atoms with van der Waals surface area (Å²) in [6.07, 6.45) is 7.43. The summed E-state index contributed by atoms with van der Waals surface area (Å²) < 4.78 is 16.7. The van der Waals surface area contributed by atoms with E-state index in [2.05, 4.69) is 20.6 Å². The lowest BCUT2D eigenvalue weighted by molar-refractivity contribution is -0.123. The number of benzene rings is 1. The Balaban J connectivity index is 1.69. The van der Waals surface area contributed by atoms with Crippen molar-refractivity contribution in [1.82, 2.24) is 20.6 Å². The first-order valence-corrected chi connectivity index (χ1v) is 13.0. The van der Waals surface area contributed by atoms with Crippen LogP contribution in [0.15, 0.2) is 53.0 Å². The number of hydrogen-bond donors (Lipinski definition) is 2. The molecule has 0 fully saturated rings. The lowest BCUT2D eigenvalue weighted by Crippen LogP contribution is -2.37. The minimum absolute atomic E-state index is 0.0701. The molecule has 11 heteroatoms. The van der Waals surface area contributed by atoms with Crippen LogP contribution in [0.5, 0.6) is 5.75 Å². The molecule has 2 aromatic rings. The molecule has 0 saturated carbocycles. The molecule has 2 unspecified atom stereocenters. The van der Waals surface area contributed by atoms with Crippen LogP contribution < -0.4 is 15.4 Å². The van der Waals surface area contributed by atoms with Crippen LogP contribution in [0.1, 0.15) is 32.1 Å². The number of amides is 2. The van der Waals surface area contributed by atoms with Crippen LogP contribution in [0, 0.1) is 5.92 Å². The number of halogens is 1. The van der Waals surface area contributed by atoms with Gasteiger partial charge in [0.15, 0.2) is 5.82 Å². The van der Waals surface area contributed by atoms with Crippen molar-refractivity contribution in [3.63, 3.8) is 0 Å². The van der Waals surface area contributed by atoms with Crippen molar-refractivity contribution in [2.24, 2.45) is 10.9 Å². The van der Waals surface area contributed by atoms with Gasteiger partial charge in [-0.25, -0.2) is 15.0 Å². The first-order chi connectivity index (χ1) is 18.5. The van der Waals surface area contributed by atoms with Gasteiger partial charge in [-0.1, -0.05) is 17.7 Å². The molecule has 1 aromatic carbocycles. The van der Waals surface area contributed by atoms with Crippen LogP contribution in [0.25, 0.3) is 10.9 Å². The summed E-state index contributed by atoms with van der Waals surface area (Å²) in [5, 5.41) is 6.33. The van der Waals surface area contributed by atoms with Crippen LogP contribution in [-0.4, -0.2) is 67.0 Å². The number of allylic oxidation sites excluding steroid dienone is 2. The smallest absolute Gasteiger partial charge is 0.223 e. The van der Waals surface area contributed by atoms with E-state index in [1.165, 1.54) is 6.33 Å². The third-order valence-corrected chi connectivity index (χ3v) is 6.77. The minimum atomic E-state index is -0.834. The molecule has 1 aliphatic carbocycles. The van der Waals surface area contributed by atoms with Gasteiger partial charge < -0.3 is 24.8 Å². The number of aliphatic imine (C=N–C) groups is 1. The highest BCUT2D eigenvalue weighted by Gasteiger charge is 2.23. The Bertz CT molecular complexity index is 1260. The second-order valence-electron chi connectivity index (χ2n) is 9.07. The molecule has 2 amide bonds. The van der Waals surface area contributed by atoms with Gasteiger partial charge >= 0.3 is 0 Å². The van der Waals surface area contributed by atoms with Crippen molar-refractivity contribution >= 4 is 45.8 Å². The number of nitrogens with zero attached hydrogens (tertiary/aromatic N) is 3. The maximum absolute atomic E-state index is 12.6. The minimum Gasteiger partial charge on any atom is -0.501 e. The van der Waals surface area contributed by atoms with E-state index in [-0.39, 0.29) is 30.7 Å². The molecular weight excluding hydrogens is 510 g/mol. The van der Waals surface area contributed by atoms with Gasteiger partial charge in [-0.05, 0) is 37.0 Å². The number of rotatable bonds is 4. The van der Waals surface area contributed by atoms with Gasteiger partial charge in [-0.2, -0.15) is 0 Å². The van der Waals surface area contributed by atoms with Gasteiger partial charge in [0.1, 0.15) is 23.3 Å². The zero-order chi connectivity index (χ0) is 26.9. The predicted molar refractivity (Wildman–Crippen MR) is 145 cm³/mol. The molecule has 1 aromatic heterocycles. The molecule has 2 atom stereocenters. The van der Waals surface area contributed by atoms with Crippen molar-refractivity contribution in [2.75, 3.05) is 34.0 Å². The number of alkyl halides is 1. The number of carbonyl (C=O) groups excluding carboxylic acids is 2. The summed E-state index contributed by atoms with van der Waals surface area (Å²) in [5.41, 5.74) is 1.02. The second-order valence-corrected chi connectivity index (χ2v) is 9.51. The quantitative estimate of drug-likeness (QED) is 0.448. The summed E-state index contributed by atoms with van der Waals surface area (Å²) in [6.45, 7) is 1.18. The van der Waals surface area contributed by atoms with Gasteiger partial charge in [0.05, 0.1) is 24.9 Å². The molecule has 4 rings (SSSR count). The summed E-state index contributed by atoms with van der Waals surface area (Å²) in [4.78, 5) is 38.7. The van der Waals surface area contributed by atoms with Crippen molar-refractivity contribution in [2.45, 2.75) is 37.6 Å². The fraction of sp³-hybridized carbons (Fsp3) is 0.444. The standard InChI is InChI=1S/C27H32ClN5O5/c1-36-11-8-17-9-12-38-19-4-6-22-21(14-19)27(31-16-30-22)32-23-15-18(37-2)3-5-20(23)26(28)33-24(34)7-10-29-25(35)13-17/h4-6,14-17,26H,3,7-13H2,1-2H3,(H,29,35)(H,33,34). The molecule has 2 bridgehead atoms. The number of ether oxygens (including phenoxy) is 3. The van der Waals surface area contributed by atoms with Crippen molar-refractivity contribution < 1.29 is 23.8 Å². The topological polar surface area (TPSA) is 124 Å². The molecule has 1 aliphatic heterocycles. The van der Waals surface area contributed by atoms with Crippen molar-refractivity contribution in [3.8, 4) is 5.75 Å². The highest BCUT2D eigenvalue weighted by Crippen LogP contribution is 2.29. The van der Waals surface area contributed by atoms with Crippen LogP contribution in [-0.2, 0) is 19.1 Å². The monoisotopic (exact) mass is 541 g/mol. The fourth-order valence-corrected chi connectivity index (χ4v) is 4.64. The third-order valence-electron chi connectivity index (χ3n) is 6.43. The zero-order valence-electron chi connectivity index (χ0n) is 21.5. The molecule has 2 N–H and O–H groups in total. The Morgan fingerprint density at radius 3 is 2.87 bits per heavy atom. The van der Waals surface area contributed by atoms with E-state index in [1.807, 2.05) is 24.3 Å². The average molecular weight is 542 g/mol. The highest BCUT2D eigenvalue weighted by atomic mass is 35.5. The molecule has 0 saturated heterocycles. The average Bonchev–Trinajstić information content (AvgIpc) is 2.91. The summed E-state index contributed by atoms with van der Waals surface area (Å²) in [6, 6.07) is 5.56. The maximum atomic E-state index is 12.6. The summed E-state index contributed by atoms with van der Waals surface area (Å²) >= 11 is 6.64. The SMILES string of the molecule is COCCC1CCOc2ccc3ncnc(c3c2)N=C2C=C(OC)CC=C2C(Cl)NC(=O)CCNC(=O)C1.